The van der Waals surface area contributed by atoms with Crippen LogP contribution in [0.5, 0.6) is 0 Å². The maximum Gasteiger partial charge on any atom is 0.0815 e. The third kappa shape index (κ3) is 1.70. The number of rotatable bonds is 2. The third-order valence-corrected chi connectivity index (χ3v) is 2.43. The Kier molecular flexibility index (Phi) is 2.49. The lowest BCUT2D eigenvalue weighted by Gasteiger charge is -2.40. The highest BCUT2D eigenvalue weighted by Crippen LogP contribution is 2.26. The smallest absolute Gasteiger partial charge is 0.0815 e. The van der Waals surface area contributed by atoms with Crippen LogP contribution in [0.1, 0.15) is 34.6 Å². The van der Waals surface area contributed by atoms with Crippen molar-refractivity contribution < 1.29 is 5.11 Å². The predicted octanol–water partition coefficient (Wildman–Crippen LogP) is 1.13. The second kappa shape index (κ2) is 2.51. The van der Waals surface area contributed by atoms with Crippen LogP contribution in [0.15, 0.2) is 0 Å². The summed E-state index contributed by atoms with van der Waals surface area (Å²) in [7, 11) is 0. The van der Waals surface area contributed by atoms with Gasteiger partial charge >= 0.3 is 0 Å². The van der Waals surface area contributed by atoms with Crippen LogP contribution < -0.4 is 5.73 Å². The van der Waals surface area contributed by atoms with Crippen LogP contribution in [-0.2, 0) is 0 Å². The van der Waals surface area contributed by atoms with Crippen LogP contribution in [0.25, 0.3) is 0 Å². The molecule has 62 valence electrons. The van der Waals surface area contributed by atoms with Crippen molar-refractivity contribution >= 4 is 0 Å². The summed E-state index contributed by atoms with van der Waals surface area (Å²) in [5.74, 6) is 0.187. The molecule has 0 rings (SSSR count). The Bertz CT molecular complexity index is 111. The molecule has 0 aliphatic carbocycles. The van der Waals surface area contributed by atoms with Crippen molar-refractivity contribution in [1.29, 1.82) is 0 Å². The molecule has 0 bridgehead atoms. The fourth-order valence-electron chi connectivity index (χ4n) is 0.744. The van der Waals surface area contributed by atoms with Crippen molar-refractivity contribution in [3.8, 4) is 0 Å². The van der Waals surface area contributed by atoms with Gasteiger partial charge in [-0.3, -0.25) is 0 Å². The van der Waals surface area contributed by atoms with Crippen molar-refractivity contribution in [2.75, 3.05) is 0 Å². The van der Waals surface area contributed by atoms with Crippen LogP contribution in [0.4, 0.5) is 0 Å². The maximum atomic E-state index is 9.80. The maximum absolute atomic E-state index is 9.80. The highest BCUT2D eigenvalue weighted by molar-refractivity contribution is 4.95. The molecule has 0 fully saturated rings. The summed E-state index contributed by atoms with van der Waals surface area (Å²) >= 11 is 0. The van der Waals surface area contributed by atoms with Gasteiger partial charge in [0.2, 0.25) is 0 Å². The molecule has 10 heavy (non-hydrogen) atoms. The van der Waals surface area contributed by atoms with Gasteiger partial charge in [0.25, 0.3) is 0 Å². The van der Waals surface area contributed by atoms with E-state index < -0.39 is 11.1 Å². The van der Waals surface area contributed by atoms with E-state index in [2.05, 4.69) is 0 Å². The molecule has 0 spiro atoms. The Morgan fingerprint density at radius 1 is 1.20 bits per heavy atom. The zero-order valence-corrected chi connectivity index (χ0v) is 7.60. The first-order valence-electron chi connectivity index (χ1n) is 3.71. The molecular formula is C8H19NO. The lowest BCUT2D eigenvalue weighted by molar-refractivity contribution is -0.0440. The van der Waals surface area contributed by atoms with Crippen molar-refractivity contribution in [3.63, 3.8) is 0 Å². The monoisotopic (exact) mass is 145 g/mol. The summed E-state index contributed by atoms with van der Waals surface area (Å²) in [5.41, 5.74) is 4.45. The van der Waals surface area contributed by atoms with Crippen molar-refractivity contribution in [2.24, 2.45) is 11.7 Å². The Morgan fingerprint density at radius 3 is 1.50 bits per heavy atom. The van der Waals surface area contributed by atoms with Gasteiger partial charge in [-0.15, -0.1) is 0 Å². The molecule has 0 aliphatic heterocycles. The van der Waals surface area contributed by atoms with Gasteiger partial charge in [0, 0.05) is 5.54 Å². The topological polar surface area (TPSA) is 46.2 Å². The average Bonchev–Trinajstić information content (AvgIpc) is 1.62. The van der Waals surface area contributed by atoms with E-state index in [4.69, 9.17) is 5.73 Å². The highest BCUT2D eigenvalue weighted by atomic mass is 16.3. The minimum absolute atomic E-state index is 0.187. The van der Waals surface area contributed by atoms with Crippen LogP contribution in [0, 0.1) is 5.92 Å². The summed E-state index contributed by atoms with van der Waals surface area (Å²) in [6.07, 6.45) is 0. The second-order valence-electron chi connectivity index (χ2n) is 4.02. The van der Waals surface area contributed by atoms with E-state index in [-0.39, 0.29) is 5.92 Å². The Labute approximate surface area is 63.4 Å². The quantitative estimate of drug-likeness (QED) is 0.612. The third-order valence-electron chi connectivity index (χ3n) is 2.43. The molecule has 0 saturated carbocycles. The summed E-state index contributed by atoms with van der Waals surface area (Å²) in [6.45, 7) is 9.39. The van der Waals surface area contributed by atoms with E-state index in [0.29, 0.717) is 0 Å². The molecule has 0 aromatic rings. The zero-order valence-electron chi connectivity index (χ0n) is 7.60. The standard InChI is InChI=1S/C8H19NO/c1-6(2)8(5,10)7(3,4)9/h6,10H,9H2,1-5H3. The lowest BCUT2D eigenvalue weighted by Crippen LogP contribution is -2.57. The van der Waals surface area contributed by atoms with Gasteiger partial charge in [0.05, 0.1) is 5.60 Å². The molecule has 3 N–H and O–H groups in total. The van der Waals surface area contributed by atoms with Crippen LogP contribution >= 0.6 is 0 Å². The summed E-state index contributed by atoms with van der Waals surface area (Å²) in [4.78, 5) is 0. The van der Waals surface area contributed by atoms with E-state index in [1.165, 1.54) is 0 Å². The zero-order chi connectivity index (χ0) is 8.58. The number of nitrogens with two attached hydrogens (primary N) is 1. The van der Waals surface area contributed by atoms with Crippen molar-refractivity contribution in [2.45, 2.75) is 45.8 Å². The van der Waals surface area contributed by atoms with E-state index in [1.54, 1.807) is 6.92 Å². The molecule has 2 nitrogen and oxygen atoms in total. The molecule has 1 atom stereocenters. The number of hydrogen-bond acceptors (Lipinski definition) is 2. The van der Waals surface area contributed by atoms with Crippen molar-refractivity contribution in [1.82, 2.24) is 0 Å². The molecule has 0 aromatic carbocycles. The van der Waals surface area contributed by atoms with Crippen molar-refractivity contribution in [3.05, 3.63) is 0 Å². The van der Waals surface area contributed by atoms with Crippen LogP contribution in [0.2, 0.25) is 0 Å². The predicted molar refractivity (Wildman–Crippen MR) is 43.7 cm³/mol. The van der Waals surface area contributed by atoms with Gasteiger partial charge in [0.1, 0.15) is 0 Å². The van der Waals surface area contributed by atoms with Crippen LogP contribution in [0.3, 0.4) is 0 Å². The first-order chi connectivity index (χ1) is 4.19. The van der Waals surface area contributed by atoms with E-state index >= 15 is 0 Å². The number of hydrogen-bond donors (Lipinski definition) is 2. The van der Waals surface area contributed by atoms with Gasteiger partial charge in [-0.2, -0.15) is 0 Å². The Morgan fingerprint density at radius 2 is 1.50 bits per heavy atom. The van der Waals surface area contributed by atoms with Gasteiger partial charge in [-0.1, -0.05) is 13.8 Å². The Hall–Kier alpha value is -0.0800. The number of aliphatic hydroxyl groups is 1. The largest absolute Gasteiger partial charge is 0.388 e. The molecule has 0 aromatic heterocycles. The fourth-order valence-corrected chi connectivity index (χ4v) is 0.744. The first kappa shape index (κ1) is 9.92. The van der Waals surface area contributed by atoms with Crippen LogP contribution in [-0.4, -0.2) is 16.2 Å². The average molecular weight is 145 g/mol. The molecular weight excluding hydrogens is 126 g/mol. The molecule has 0 saturated heterocycles. The molecule has 0 radical (unpaired) electrons. The molecule has 2 heteroatoms. The highest BCUT2D eigenvalue weighted by Gasteiger charge is 2.38. The molecule has 0 amide bonds. The summed E-state index contributed by atoms with van der Waals surface area (Å²) in [5, 5.41) is 9.80. The normalized spacial score (nSPS) is 19.2. The minimum atomic E-state index is -0.785. The first-order valence-corrected chi connectivity index (χ1v) is 3.71. The van der Waals surface area contributed by atoms with E-state index in [9.17, 15) is 5.11 Å². The van der Waals surface area contributed by atoms with Gasteiger partial charge in [0.15, 0.2) is 0 Å². The van der Waals surface area contributed by atoms with E-state index in [1.807, 2.05) is 27.7 Å². The SMILES string of the molecule is CC(C)C(C)(O)C(C)(C)N. The summed E-state index contributed by atoms with van der Waals surface area (Å²) < 4.78 is 0. The second-order valence-corrected chi connectivity index (χ2v) is 4.02. The van der Waals surface area contributed by atoms with Gasteiger partial charge in [-0.25, -0.2) is 0 Å². The van der Waals surface area contributed by atoms with E-state index in [0.717, 1.165) is 0 Å². The van der Waals surface area contributed by atoms with Gasteiger partial charge in [-0.05, 0) is 26.7 Å². The lowest BCUT2D eigenvalue weighted by atomic mass is 9.77. The molecule has 0 aliphatic rings. The minimum Gasteiger partial charge on any atom is -0.388 e. The van der Waals surface area contributed by atoms with Gasteiger partial charge < -0.3 is 10.8 Å². The fraction of sp³-hybridized carbons (Fsp3) is 1.00. The molecule has 0 heterocycles. The summed E-state index contributed by atoms with van der Waals surface area (Å²) in [6, 6.07) is 0. The Balaban J connectivity index is 4.40. The molecule has 1 unspecified atom stereocenters.